The van der Waals surface area contributed by atoms with Gasteiger partial charge >= 0.3 is 17.9 Å². The fourth-order valence-corrected chi connectivity index (χ4v) is 7.75. The number of aliphatic carboxylic acids is 1. The summed E-state index contributed by atoms with van der Waals surface area (Å²) in [5.41, 5.74) is 0. The molecule has 0 aliphatic carbocycles. The molecule has 2 unspecified atom stereocenters. The molecule has 62 heavy (non-hydrogen) atoms. The average molecular weight is 875 g/mol. The summed E-state index contributed by atoms with van der Waals surface area (Å²) in [4.78, 5) is 37.2. The molecule has 0 aromatic rings. The Morgan fingerprint density at radius 1 is 0.484 bits per heavy atom. The van der Waals surface area contributed by atoms with E-state index in [1.165, 1.54) is 154 Å². The molecule has 0 fully saturated rings. The van der Waals surface area contributed by atoms with E-state index < -0.39 is 18.1 Å². The molecule has 0 aromatic carbocycles. The molecular formula is C54H100NO7+. The maximum absolute atomic E-state index is 12.8. The first-order valence-electron chi connectivity index (χ1n) is 26.0. The van der Waals surface area contributed by atoms with Gasteiger partial charge in [0.15, 0.2) is 12.1 Å². The summed E-state index contributed by atoms with van der Waals surface area (Å²) in [6.07, 6.45) is 53.3. The lowest BCUT2D eigenvalue weighted by Crippen LogP contribution is -2.50. The van der Waals surface area contributed by atoms with Crippen molar-refractivity contribution in [2.75, 3.05) is 41.0 Å². The third-order valence-corrected chi connectivity index (χ3v) is 11.8. The number of carbonyl (C=O) groups excluding carboxylic acids is 2. The topological polar surface area (TPSA) is 99.1 Å². The largest absolute Gasteiger partial charge is 0.477 e. The van der Waals surface area contributed by atoms with Gasteiger partial charge in [-0.05, 0) is 51.4 Å². The van der Waals surface area contributed by atoms with E-state index in [1.54, 1.807) is 0 Å². The number of quaternary nitrogens is 1. The first kappa shape index (κ1) is 59.5. The molecule has 0 aliphatic heterocycles. The molecule has 0 rings (SSSR count). The predicted molar refractivity (Wildman–Crippen MR) is 261 cm³/mol. The number of carbonyl (C=O) groups is 3. The van der Waals surface area contributed by atoms with Crippen LogP contribution in [0, 0.1) is 0 Å². The summed E-state index contributed by atoms with van der Waals surface area (Å²) in [6, 6.07) is -0.614. The molecule has 0 saturated heterocycles. The summed E-state index contributed by atoms with van der Waals surface area (Å²) in [5.74, 6) is -1.46. The number of carboxylic acids is 1. The van der Waals surface area contributed by atoms with Crippen molar-refractivity contribution in [3.63, 3.8) is 0 Å². The van der Waals surface area contributed by atoms with Crippen molar-refractivity contribution < 1.29 is 38.2 Å². The van der Waals surface area contributed by atoms with Gasteiger partial charge in [-0.3, -0.25) is 9.59 Å². The van der Waals surface area contributed by atoms with Crippen LogP contribution in [0.25, 0.3) is 0 Å². The lowest BCUT2D eigenvalue weighted by atomic mass is 10.0. The Morgan fingerprint density at radius 3 is 1.29 bits per heavy atom. The van der Waals surface area contributed by atoms with Gasteiger partial charge in [-0.25, -0.2) is 4.79 Å². The van der Waals surface area contributed by atoms with E-state index in [1.807, 2.05) is 21.1 Å². The Balaban J connectivity index is 4.21. The molecule has 0 aromatic heterocycles. The van der Waals surface area contributed by atoms with E-state index >= 15 is 0 Å². The van der Waals surface area contributed by atoms with Crippen molar-refractivity contribution in [1.82, 2.24) is 0 Å². The second kappa shape index (κ2) is 45.1. The minimum Gasteiger partial charge on any atom is -0.477 e. The van der Waals surface area contributed by atoms with Crippen molar-refractivity contribution >= 4 is 17.9 Å². The maximum Gasteiger partial charge on any atom is 0.362 e. The van der Waals surface area contributed by atoms with Gasteiger partial charge in [0.05, 0.1) is 34.4 Å². The van der Waals surface area contributed by atoms with Crippen molar-refractivity contribution in [3.05, 3.63) is 36.5 Å². The van der Waals surface area contributed by atoms with Crippen LogP contribution in [0.3, 0.4) is 0 Å². The summed E-state index contributed by atoms with van der Waals surface area (Å²) in [5, 5.41) is 9.65. The van der Waals surface area contributed by atoms with Crippen LogP contribution in [-0.2, 0) is 28.6 Å². The SMILES string of the molecule is CCCCC/C=C/C/C=C/C/C=C/CCCCCCCCCCCC(=O)OCC(COCCC(C(=O)O)[N+](C)(C)C)OC(=O)CCCCCCCCCCCCCCCCCC. The van der Waals surface area contributed by atoms with Crippen LogP contribution in [0.15, 0.2) is 36.5 Å². The minimum atomic E-state index is -0.873. The van der Waals surface area contributed by atoms with Gasteiger partial charge in [0.25, 0.3) is 0 Å². The summed E-state index contributed by atoms with van der Waals surface area (Å²) >= 11 is 0. The quantitative estimate of drug-likeness (QED) is 0.0281. The van der Waals surface area contributed by atoms with E-state index in [-0.39, 0.29) is 36.2 Å². The van der Waals surface area contributed by atoms with Crippen molar-refractivity contribution in [2.45, 2.75) is 251 Å². The Hall–Kier alpha value is -2.45. The van der Waals surface area contributed by atoms with Gasteiger partial charge in [0.1, 0.15) is 6.61 Å². The van der Waals surface area contributed by atoms with Gasteiger partial charge in [-0.1, -0.05) is 204 Å². The molecule has 8 heteroatoms. The second-order valence-electron chi connectivity index (χ2n) is 18.8. The molecule has 0 saturated carbocycles. The van der Waals surface area contributed by atoms with Crippen LogP contribution in [0.1, 0.15) is 239 Å². The highest BCUT2D eigenvalue weighted by molar-refractivity contribution is 5.72. The second-order valence-corrected chi connectivity index (χ2v) is 18.8. The van der Waals surface area contributed by atoms with E-state index in [2.05, 4.69) is 50.3 Å². The average Bonchev–Trinajstić information content (AvgIpc) is 3.23. The van der Waals surface area contributed by atoms with Crippen LogP contribution >= 0.6 is 0 Å². The van der Waals surface area contributed by atoms with E-state index in [0.717, 1.165) is 51.4 Å². The Bertz CT molecular complexity index is 1110. The number of likely N-dealkylation sites (N-methyl/N-ethyl adjacent to an activating group) is 1. The predicted octanol–water partition coefficient (Wildman–Crippen LogP) is 15.0. The summed E-state index contributed by atoms with van der Waals surface area (Å²) < 4.78 is 17.4. The number of esters is 2. The maximum atomic E-state index is 12.8. The Morgan fingerprint density at radius 2 is 0.855 bits per heavy atom. The number of hydrogen-bond donors (Lipinski definition) is 1. The smallest absolute Gasteiger partial charge is 0.362 e. The zero-order valence-corrected chi connectivity index (χ0v) is 41.3. The molecule has 0 radical (unpaired) electrons. The number of nitrogens with zero attached hydrogens (tertiary/aromatic N) is 1. The molecule has 0 heterocycles. The van der Waals surface area contributed by atoms with Crippen LogP contribution < -0.4 is 0 Å². The van der Waals surface area contributed by atoms with Crippen LogP contribution in [0.5, 0.6) is 0 Å². The monoisotopic (exact) mass is 875 g/mol. The first-order chi connectivity index (χ1) is 30.1. The van der Waals surface area contributed by atoms with Crippen molar-refractivity contribution in [3.8, 4) is 0 Å². The third kappa shape index (κ3) is 42.8. The minimum absolute atomic E-state index is 0.0504. The molecule has 0 bridgehead atoms. The van der Waals surface area contributed by atoms with Gasteiger partial charge in [0.2, 0.25) is 0 Å². The standard InChI is InChI=1S/C54H99NO7/c1-6-8-10-12-14-16-18-20-22-24-25-26-27-28-29-31-32-34-36-38-40-42-44-52(56)61-49-50(48-60-47-46-51(54(58)59)55(3,4)5)62-53(57)45-43-41-39-37-35-33-30-23-21-19-17-15-13-11-9-7-2/h14,16,20,22,25-26,50-51H,6-13,15,17-19,21,23-24,27-49H2,1-5H3/p+1/b16-14+,22-20+,26-25+. The normalized spacial score (nSPS) is 13.1. The Kier molecular flexibility index (Phi) is 43.3. The number of hydrogen-bond acceptors (Lipinski definition) is 6. The van der Waals surface area contributed by atoms with Crippen LogP contribution in [-0.4, -0.2) is 80.6 Å². The molecule has 8 nitrogen and oxygen atoms in total. The van der Waals surface area contributed by atoms with Crippen LogP contribution in [0.2, 0.25) is 0 Å². The van der Waals surface area contributed by atoms with E-state index in [4.69, 9.17) is 14.2 Å². The number of ether oxygens (including phenoxy) is 3. The van der Waals surface area contributed by atoms with E-state index in [0.29, 0.717) is 19.3 Å². The van der Waals surface area contributed by atoms with Crippen LogP contribution in [0.4, 0.5) is 0 Å². The third-order valence-electron chi connectivity index (χ3n) is 11.8. The molecule has 362 valence electrons. The van der Waals surface area contributed by atoms with Crippen molar-refractivity contribution in [1.29, 1.82) is 0 Å². The highest BCUT2D eigenvalue weighted by Crippen LogP contribution is 2.16. The highest BCUT2D eigenvalue weighted by Gasteiger charge is 2.31. The molecule has 0 aliphatic rings. The van der Waals surface area contributed by atoms with Gasteiger partial charge < -0.3 is 23.8 Å². The molecule has 2 atom stereocenters. The van der Waals surface area contributed by atoms with Gasteiger partial charge in [0, 0.05) is 19.3 Å². The Labute approximate surface area is 383 Å². The zero-order chi connectivity index (χ0) is 45.6. The molecule has 0 spiro atoms. The lowest BCUT2D eigenvalue weighted by Gasteiger charge is -2.31. The molecule has 1 N–H and O–H groups in total. The van der Waals surface area contributed by atoms with Gasteiger partial charge in [-0.2, -0.15) is 0 Å². The highest BCUT2D eigenvalue weighted by atomic mass is 16.6. The zero-order valence-electron chi connectivity index (χ0n) is 41.3. The molecular weight excluding hydrogens is 775 g/mol. The van der Waals surface area contributed by atoms with Crippen molar-refractivity contribution in [2.24, 2.45) is 0 Å². The van der Waals surface area contributed by atoms with Gasteiger partial charge in [-0.15, -0.1) is 0 Å². The number of unbranched alkanes of at least 4 members (excludes halogenated alkanes) is 27. The summed E-state index contributed by atoms with van der Waals surface area (Å²) in [7, 11) is 5.54. The number of rotatable bonds is 47. The fraction of sp³-hybridized carbons (Fsp3) is 0.833. The number of allylic oxidation sites excluding steroid dienone is 6. The van der Waals surface area contributed by atoms with E-state index in [9.17, 15) is 19.5 Å². The molecule has 0 amide bonds. The first-order valence-corrected chi connectivity index (χ1v) is 26.0. The summed E-state index contributed by atoms with van der Waals surface area (Å²) in [6.45, 7) is 4.74. The fourth-order valence-electron chi connectivity index (χ4n) is 7.75. The number of carboxylic acid groups (broad SMARTS) is 1. The lowest BCUT2D eigenvalue weighted by molar-refractivity contribution is -0.887.